The van der Waals surface area contributed by atoms with Crippen LogP contribution in [0.1, 0.15) is 90.9 Å². The van der Waals surface area contributed by atoms with Gasteiger partial charge in [-0.25, -0.2) is 4.57 Å². The molecule has 9 heteroatoms. The lowest BCUT2D eigenvalue weighted by molar-refractivity contribution is -0.122. The highest BCUT2D eigenvalue weighted by Gasteiger charge is 2.26. The first-order chi connectivity index (χ1) is 21.9. The lowest BCUT2D eigenvalue weighted by Crippen LogP contribution is -2.45. The minimum absolute atomic E-state index is 0.0566. The average Bonchev–Trinajstić information content (AvgIpc) is 3.02. The molecule has 0 aromatic carbocycles. The molecule has 45 heavy (non-hydrogen) atoms. The van der Waals surface area contributed by atoms with Crippen molar-refractivity contribution < 1.29 is 28.4 Å². The highest BCUT2D eigenvalue weighted by molar-refractivity contribution is 7.47. The topological polar surface area (TPSA) is 131 Å². The van der Waals surface area contributed by atoms with E-state index in [1.165, 1.54) is 0 Å². The molecule has 3 unspecified atom stereocenters. The third kappa shape index (κ3) is 29.9. The van der Waals surface area contributed by atoms with E-state index in [2.05, 4.69) is 91.2 Å². The number of aliphatic hydroxyl groups is 1. The van der Waals surface area contributed by atoms with Crippen LogP contribution in [0.25, 0.3) is 0 Å². The van der Waals surface area contributed by atoms with Crippen LogP contribution in [0.4, 0.5) is 0 Å². The van der Waals surface area contributed by atoms with Crippen LogP contribution in [0.15, 0.2) is 97.2 Å². The molecule has 0 fully saturated rings. The minimum Gasteiger partial charge on any atom is -0.387 e. The summed E-state index contributed by atoms with van der Waals surface area (Å²) in [6.45, 7) is 3.65. The Labute approximate surface area is 272 Å². The van der Waals surface area contributed by atoms with Crippen LogP contribution in [0, 0.1) is 0 Å². The molecule has 1 amide bonds. The smallest absolute Gasteiger partial charge is 0.387 e. The highest BCUT2D eigenvalue weighted by atomic mass is 31.2. The van der Waals surface area contributed by atoms with E-state index in [0.717, 1.165) is 57.8 Å². The van der Waals surface area contributed by atoms with Gasteiger partial charge in [-0.1, -0.05) is 104 Å². The molecule has 0 heterocycles. The Kier molecular flexibility index (Phi) is 29.6. The van der Waals surface area contributed by atoms with E-state index in [1.807, 2.05) is 19.1 Å². The quantitative estimate of drug-likeness (QED) is 0.0384. The number of hydrogen-bond acceptors (Lipinski definition) is 6. The predicted molar refractivity (Wildman–Crippen MR) is 189 cm³/mol. The van der Waals surface area contributed by atoms with E-state index < -0.39 is 26.6 Å². The number of phosphoric ester groups is 1. The van der Waals surface area contributed by atoms with Gasteiger partial charge in [0.1, 0.15) is 0 Å². The van der Waals surface area contributed by atoms with E-state index in [9.17, 15) is 19.4 Å². The molecule has 0 saturated heterocycles. The molecule has 0 aromatic heterocycles. The van der Waals surface area contributed by atoms with E-state index in [0.29, 0.717) is 12.8 Å². The number of carbonyl (C=O) groups is 1. The van der Waals surface area contributed by atoms with Crippen molar-refractivity contribution >= 4 is 13.7 Å². The molecule has 0 bridgehead atoms. The molecule has 0 radical (unpaired) electrons. The van der Waals surface area contributed by atoms with Gasteiger partial charge in [0.2, 0.25) is 5.91 Å². The van der Waals surface area contributed by atoms with Gasteiger partial charge < -0.3 is 21.1 Å². The van der Waals surface area contributed by atoms with Crippen molar-refractivity contribution in [2.75, 3.05) is 19.8 Å². The fraction of sp³-hybridized carbons (Fsp3) is 0.528. The van der Waals surface area contributed by atoms with Crippen molar-refractivity contribution in [3.63, 3.8) is 0 Å². The fourth-order valence-corrected chi connectivity index (χ4v) is 4.55. The first-order valence-electron chi connectivity index (χ1n) is 16.3. The molecule has 0 aromatic rings. The number of rotatable bonds is 28. The van der Waals surface area contributed by atoms with Gasteiger partial charge in [0.15, 0.2) is 0 Å². The Morgan fingerprint density at radius 2 is 1.29 bits per heavy atom. The molecule has 0 aliphatic heterocycles. The Bertz CT molecular complexity index is 1010. The molecule has 254 valence electrons. The molecule has 0 saturated carbocycles. The van der Waals surface area contributed by atoms with Gasteiger partial charge in [-0.2, -0.15) is 0 Å². The van der Waals surface area contributed by atoms with Gasteiger partial charge in [-0.3, -0.25) is 13.8 Å². The Balaban J connectivity index is 4.54. The van der Waals surface area contributed by atoms with Crippen molar-refractivity contribution in [2.24, 2.45) is 5.73 Å². The van der Waals surface area contributed by atoms with Gasteiger partial charge in [0, 0.05) is 13.0 Å². The van der Waals surface area contributed by atoms with Crippen LogP contribution in [0.5, 0.6) is 0 Å². The van der Waals surface area contributed by atoms with Crippen LogP contribution in [-0.2, 0) is 18.4 Å². The second-order valence-corrected chi connectivity index (χ2v) is 11.7. The Morgan fingerprint density at radius 1 is 0.778 bits per heavy atom. The number of amides is 1. The monoisotopic (exact) mass is 646 g/mol. The number of phosphoric acid groups is 1. The second-order valence-electron chi connectivity index (χ2n) is 10.3. The van der Waals surface area contributed by atoms with Gasteiger partial charge >= 0.3 is 7.82 Å². The maximum atomic E-state index is 12.6. The Morgan fingerprint density at radius 3 is 1.84 bits per heavy atom. The molecule has 0 aliphatic carbocycles. The summed E-state index contributed by atoms with van der Waals surface area (Å²) in [6.07, 6.45) is 42.0. The standard InChI is InChI=1S/C36H59N2O6P/c1-3-5-7-9-11-13-14-15-16-17-18-19-20-22-24-26-28-30-36(40)38-34(33-44-45(41,42)43-32-31-37)35(39)29-27-25-23-21-12-10-8-6-4-2/h4-7,11-13,15-16,18-19,21-22,24,27,29,34-35,39H,3,8-10,14,17,20,23,25-26,28,30-33,37H2,1-2H3,(H,38,40)(H,41,42)/b6-4+,7-5-,13-11-,16-15-,19-18-,21-12+,24-22-,29-27+. The highest BCUT2D eigenvalue weighted by Crippen LogP contribution is 2.43. The van der Waals surface area contributed by atoms with Crippen LogP contribution in [0.3, 0.4) is 0 Å². The summed E-state index contributed by atoms with van der Waals surface area (Å²) < 4.78 is 21.9. The largest absolute Gasteiger partial charge is 0.472 e. The van der Waals surface area contributed by atoms with E-state index >= 15 is 0 Å². The van der Waals surface area contributed by atoms with Gasteiger partial charge in [0.05, 0.1) is 25.4 Å². The maximum absolute atomic E-state index is 12.6. The average molecular weight is 647 g/mol. The minimum atomic E-state index is -4.36. The predicted octanol–water partition coefficient (Wildman–Crippen LogP) is 8.10. The van der Waals surface area contributed by atoms with Gasteiger partial charge in [0.25, 0.3) is 0 Å². The van der Waals surface area contributed by atoms with Crippen LogP contribution < -0.4 is 11.1 Å². The lowest BCUT2D eigenvalue weighted by atomic mass is 10.1. The van der Waals surface area contributed by atoms with Crippen molar-refractivity contribution in [1.29, 1.82) is 0 Å². The third-order valence-corrected chi connectivity index (χ3v) is 7.20. The molecule has 0 rings (SSSR count). The van der Waals surface area contributed by atoms with E-state index in [1.54, 1.807) is 6.08 Å². The number of nitrogens with one attached hydrogen (secondary N) is 1. The van der Waals surface area contributed by atoms with Gasteiger partial charge in [-0.05, 0) is 77.6 Å². The number of nitrogens with two attached hydrogens (primary N) is 1. The van der Waals surface area contributed by atoms with E-state index in [-0.39, 0.29) is 25.5 Å². The zero-order valence-electron chi connectivity index (χ0n) is 27.6. The number of allylic oxidation sites excluding steroid dienone is 15. The molecular formula is C36H59N2O6P. The lowest BCUT2D eigenvalue weighted by Gasteiger charge is -2.23. The molecule has 0 spiro atoms. The number of unbranched alkanes of at least 4 members (excludes halogenated alkanes) is 3. The summed E-state index contributed by atoms with van der Waals surface area (Å²) >= 11 is 0. The SMILES string of the molecule is C/C=C/CC/C=C/CC/C=C/C(O)C(COP(=O)(O)OCCN)NC(=O)CCC/C=C\C/C=C\C/C=C\C/C=C\C/C=C\CC. The summed E-state index contributed by atoms with van der Waals surface area (Å²) in [5.41, 5.74) is 5.32. The fourth-order valence-electron chi connectivity index (χ4n) is 3.79. The molecule has 0 aliphatic rings. The normalized spacial score (nSPS) is 15.8. The molecule has 8 nitrogen and oxygen atoms in total. The summed E-state index contributed by atoms with van der Waals surface area (Å²) in [7, 11) is -4.36. The van der Waals surface area contributed by atoms with Crippen molar-refractivity contribution in [3.05, 3.63) is 97.2 Å². The summed E-state index contributed by atoms with van der Waals surface area (Å²) in [5.74, 6) is -0.275. The summed E-state index contributed by atoms with van der Waals surface area (Å²) in [6, 6.07) is -0.916. The van der Waals surface area contributed by atoms with E-state index in [4.69, 9.17) is 14.8 Å². The zero-order valence-corrected chi connectivity index (χ0v) is 28.4. The van der Waals surface area contributed by atoms with Crippen molar-refractivity contribution in [3.8, 4) is 0 Å². The molecule has 5 N–H and O–H groups in total. The number of aliphatic hydroxyl groups excluding tert-OH is 1. The van der Waals surface area contributed by atoms with Gasteiger partial charge in [-0.15, -0.1) is 0 Å². The third-order valence-electron chi connectivity index (χ3n) is 6.22. The van der Waals surface area contributed by atoms with Crippen molar-refractivity contribution in [1.82, 2.24) is 5.32 Å². The summed E-state index contributed by atoms with van der Waals surface area (Å²) in [5, 5.41) is 13.4. The number of hydrogen-bond donors (Lipinski definition) is 4. The maximum Gasteiger partial charge on any atom is 0.472 e. The summed E-state index contributed by atoms with van der Waals surface area (Å²) in [4.78, 5) is 22.4. The molecule has 3 atom stereocenters. The number of carbonyl (C=O) groups excluding carboxylic acids is 1. The Hall–Kier alpha value is -2.58. The zero-order chi connectivity index (χ0) is 33.3. The van der Waals surface area contributed by atoms with Crippen LogP contribution in [0.2, 0.25) is 0 Å². The first kappa shape index (κ1) is 42.4. The van der Waals surface area contributed by atoms with Crippen molar-refractivity contribution in [2.45, 2.75) is 103 Å². The first-order valence-corrected chi connectivity index (χ1v) is 17.8. The second kappa shape index (κ2) is 31.4. The molecular weight excluding hydrogens is 587 g/mol. The van der Waals surface area contributed by atoms with Crippen LogP contribution in [-0.4, -0.2) is 47.8 Å². The van der Waals surface area contributed by atoms with Crippen LogP contribution >= 0.6 is 7.82 Å².